The Hall–Kier alpha value is -2.10. The van der Waals surface area contributed by atoms with Crippen LogP contribution in [-0.2, 0) is 6.42 Å². The first kappa shape index (κ1) is 11.4. The standard InChI is InChI=1S/C13H15N3O/c1-3-11-15-8(2)12(14)13(16-11)9-6-4-5-7-10(9)17/h4-7,17H,3,14H2,1-2H3. The van der Waals surface area contributed by atoms with Crippen molar-refractivity contribution in [3.63, 3.8) is 0 Å². The summed E-state index contributed by atoms with van der Waals surface area (Å²) in [7, 11) is 0. The molecule has 17 heavy (non-hydrogen) atoms. The lowest BCUT2D eigenvalue weighted by molar-refractivity contribution is 0.477. The molecule has 0 atom stereocenters. The second kappa shape index (κ2) is 4.41. The fourth-order valence-corrected chi connectivity index (χ4v) is 1.68. The summed E-state index contributed by atoms with van der Waals surface area (Å²) in [6.07, 6.45) is 0.738. The van der Waals surface area contributed by atoms with Crippen molar-refractivity contribution in [2.45, 2.75) is 20.3 Å². The van der Waals surface area contributed by atoms with Gasteiger partial charge in [0.05, 0.1) is 11.4 Å². The molecule has 0 radical (unpaired) electrons. The molecule has 0 amide bonds. The molecule has 0 bridgehead atoms. The zero-order valence-corrected chi connectivity index (χ0v) is 9.94. The van der Waals surface area contributed by atoms with Crippen LogP contribution in [0.25, 0.3) is 11.3 Å². The number of anilines is 1. The van der Waals surface area contributed by atoms with Crippen molar-refractivity contribution in [1.82, 2.24) is 9.97 Å². The van der Waals surface area contributed by atoms with Gasteiger partial charge in [-0.1, -0.05) is 19.1 Å². The monoisotopic (exact) mass is 229 g/mol. The van der Waals surface area contributed by atoms with Gasteiger partial charge in [-0.25, -0.2) is 9.97 Å². The van der Waals surface area contributed by atoms with Gasteiger partial charge in [0.15, 0.2) is 0 Å². The Morgan fingerprint density at radius 1 is 1.24 bits per heavy atom. The normalized spacial score (nSPS) is 10.5. The Balaban J connectivity index is 2.67. The van der Waals surface area contributed by atoms with Gasteiger partial charge in [0.25, 0.3) is 0 Å². The Morgan fingerprint density at radius 2 is 1.94 bits per heavy atom. The second-order valence-electron chi connectivity index (χ2n) is 3.86. The van der Waals surface area contributed by atoms with E-state index in [-0.39, 0.29) is 5.75 Å². The maximum atomic E-state index is 9.83. The number of aromatic nitrogens is 2. The molecule has 2 aromatic rings. The topological polar surface area (TPSA) is 72.0 Å². The van der Waals surface area contributed by atoms with Crippen molar-refractivity contribution in [2.24, 2.45) is 0 Å². The number of aryl methyl sites for hydroxylation is 2. The predicted molar refractivity (Wildman–Crippen MR) is 67.7 cm³/mol. The molecular weight excluding hydrogens is 214 g/mol. The molecule has 0 unspecified atom stereocenters. The Bertz CT molecular complexity index is 552. The van der Waals surface area contributed by atoms with Crippen molar-refractivity contribution >= 4 is 5.69 Å². The van der Waals surface area contributed by atoms with Gasteiger partial charge in [-0.2, -0.15) is 0 Å². The van der Waals surface area contributed by atoms with Gasteiger partial charge in [-0.05, 0) is 19.1 Å². The number of hydrogen-bond acceptors (Lipinski definition) is 4. The summed E-state index contributed by atoms with van der Waals surface area (Å²) in [5.41, 5.74) is 8.48. The molecule has 0 spiro atoms. The Morgan fingerprint density at radius 3 is 2.59 bits per heavy atom. The van der Waals surface area contributed by atoms with Crippen molar-refractivity contribution in [2.75, 3.05) is 5.73 Å². The Labute approximate surface area is 100 Å². The zero-order chi connectivity index (χ0) is 12.4. The molecule has 0 aliphatic carbocycles. The summed E-state index contributed by atoms with van der Waals surface area (Å²) in [5, 5.41) is 9.83. The van der Waals surface area contributed by atoms with Crippen LogP contribution in [0.4, 0.5) is 5.69 Å². The van der Waals surface area contributed by atoms with Crippen molar-refractivity contribution in [3.8, 4) is 17.0 Å². The number of rotatable bonds is 2. The number of nitrogens with zero attached hydrogens (tertiary/aromatic N) is 2. The van der Waals surface area contributed by atoms with Crippen LogP contribution in [0.3, 0.4) is 0 Å². The van der Waals surface area contributed by atoms with Crippen LogP contribution in [0.5, 0.6) is 5.75 Å². The number of para-hydroxylation sites is 1. The zero-order valence-electron chi connectivity index (χ0n) is 9.94. The van der Waals surface area contributed by atoms with Gasteiger partial charge in [0.2, 0.25) is 0 Å². The van der Waals surface area contributed by atoms with E-state index in [0.29, 0.717) is 16.9 Å². The van der Waals surface area contributed by atoms with Gasteiger partial charge in [0, 0.05) is 12.0 Å². The summed E-state index contributed by atoms with van der Waals surface area (Å²) < 4.78 is 0. The molecule has 0 aliphatic rings. The molecule has 1 aromatic heterocycles. The van der Waals surface area contributed by atoms with E-state index >= 15 is 0 Å². The molecule has 1 heterocycles. The van der Waals surface area contributed by atoms with Crippen LogP contribution in [0.15, 0.2) is 24.3 Å². The summed E-state index contributed by atoms with van der Waals surface area (Å²) in [6, 6.07) is 7.03. The minimum atomic E-state index is 0.180. The fourth-order valence-electron chi connectivity index (χ4n) is 1.68. The van der Waals surface area contributed by atoms with Crippen molar-refractivity contribution in [1.29, 1.82) is 0 Å². The van der Waals surface area contributed by atoms with E-state index in [9.17, 15) is 5.11 Å². The summed E-state index contributed by atoms with van der Waals surface area (Å²) >= 11 is 0. The quantitative estimate of drug-likeness (QED) is 0.828. The number of nitrogens with two attached hydrogens (primary N) is 1. The summed E-state index contributed by atoms with van der Waals surface area (Å²) in [4.78, 5) is 8.68. The van der Waals surface area contributed by atoms with Gasteiger partial charge >= 0.3 is 0 Å². The third kappa shape index (κ3) is 2.06. The highest BCUT2D eigenvalue weighted by molar-refractivity contribution is 5.77. The van der Waals surface area contributed by atoms with Crippen LogP contribution in [0, 0.1) is 6.92 Å². The molecule has 4 heteroatoms. The van der Waals surface area contributed by atoms with E-state index in [1.807, 2.05) is 19.9 Å². The fraction of sp³-hybridized carbons (Fsp3) is 0.231. The number of hydrogen-bond donors (Lipinski definition) is 2. The van der Waals surface area contributed by atoms with Gasteiger partial charge < -0.3 is 10.8 Å². The molecule has 0 saturated heterocycles. The number of phenolic OH excluding ortho intramolecular Hbond substituents is 1. The van der Waals surface area contributed by atoms with Crippen LogP contribution in [0.2, 0.25) is 0 Å². The van der Waals surface area contributed by atoms with E-state index in [0.717, 1.165) is 17.9 Å². The van der Waals surface area contributed by atoms with E-state index in [4.69, 9.17) is 5.73 Å². The van der Waals surface area contributed by atoms with Crippen LogP contribution in [-0.4, -0.2) is 15.1 Å². The highest BCUT2D eigenvalue weighted by Crippen LogP contribution is 2.32. The lowest BCUT2D eigenvalue weighted by Crippen LogP contribution is -2.04. The third-order valence-electron chi connectivity index (χ3n) is 2.66. The van der Waals surface area contributed by atoms with Crippen LogP contribution in [0.1, 0.15) is 18.4 Å². The van der Waals surface area contributed by atoms with Crippen LogP contribution < -0.4 is 5.73 Å². The lowest BCUT2D eigenvalue weighted by atomic mass is 10.1. The summed E-state index contributed by atoms with van der Waals surface area (Å²) in [5.74, 6) is 0.911. The van der Waals surface area contributed by atoms with E-state index in [1.54, 1.807) is 18.2 Å². The molecule has 0 fully saturated rings. The largest absolute Gasteiger partial charge is 0.507 e. The first-order valence-corrected chi connectivity index (χ1v) is 5.54. The Kier molecular flexibility index (Phi) is 2.95. The number of phenols is 1. The van der Waals surface area contributed by atoms with Gasteiger partial charge in [-0.3, -0.25) is 0 Å². The average molecular weight is 229 g/mol. The first-order valence-electron chi connectivity index (χ1n) is 5.54. The van der Waals surface area contributed by atoms with Gasteiger partial charge in [0.1, 0.15) is 17.3 Å². The highest BCUT2D eigenvalue weighted by Gasteiger charge is 2.12. The predicted octanol–water partition coefficient (Wildman–Crippen LogP) is 2.30. The maximum absolute atomic E-state index is 9.83. The molecule has 3 N–H and O–H groups in total. The molecule has 0 aliphatic heterocycles. The SMILES string of the molecule is CCc1nc(C)c(N)c(-c2ccccc2O)n1. The van der Waals surface area contributed by atoms with E-state index in [2.05, 4.69) is 9.97 Å². The lowest BCUT2D eigenvalue weighted by Gasteiger charge is -2.10. The molecule has 2 rings (SSSR count). The van der Waals surface area contributed by atoms with Crippen molar-refractivity contribution < 1.29 is 5.11 Å². The molecule has 1 aromatic carbocycles. The number of nitrogen functional groups attached to an aromatic ring is 1. The smallest absolute Gasteiger partial charge is 0.129 e. The molecule has 88 valence electrons. The van der Waals surface area contributed by atoms with E-state index < -0.39 is 0 Å². The number of benzene rings is 1. The minimum absolute atomic E-state index is 0.180. The minimum Gasteiger partial charge on any atom is -0.507 e. The molecule has 0 saturated carbocycles. The van der Waals surface area contributed by atoms with E-state index in [1.165, 1.54) is 0 Å². The van der Waals surface area contributed by atoms with Crippen LogP contribution >= 0.6 is 0 Å². The maximum Gasteiger partial charge on any atom is 0.129 e. The van der Waals surface area contributed by atoms with Gasteiger partial charge in [-0.15, -0.1) is 0 Å². The third-order valence-corrected chi connectivity index (χ3v) is 2.66. The van der Waals surface area contributed by atoms with Crippen molar-refractivity contribution in [3.05, 3.63) is 35.8 Å². The molecule has 4 nitrogen and oxygen atoms in total. The highest BCUT2D eigenvalue weighted by atomic mass is 16.3. The number of aromatic hydroxyl groups is 1. The molecular formula is C13H15N3O. The summed E-state index contributed by atoms with van der Waals surface area (Å²) in [6.45, 7) is 3.83. The average Bonchev–Trinajstić information content (AvgIpc) is 2.33. The first-order chi connectivity index (χ1) is 8.13. The second-order valence-corrected chi connectivity index (χ2v) is 3.86.